The number of hydrogen-bond donors (Lipinski definition) is 2. The maximum absolute atomic E-state index is 12.8. The van der Waals surface area contributed by atoms with Gasteiger partial charge in [0.2, 0.25) is 5.91 Å². The maximum atomic E-state index is 12.8. The third kappa shape index (κ3) is 4.50. The summed E-state index contributed by atoms with van der Waals surface area (Å²) in [6.07, 6.45) is 1.45. The molecule has 0 aliphatic carbocycles. The molecule has 6 nitrogen and oxygen atoms in total. The van der Waals surface area contributed by atoms with Crippen LogP contribution in [0, 0.1) is 0 Å². The molecule has 0 saturated heterocycles. The molecule has 140 valence electrons. The molecule has 2 N–H and O–H groups in total. The fourth-order valence-corrected chi connectivity index (χ4v) is 4.31. The topological polar surface area (TPSA) is 76.0 Å². The quantitative estimate of drug-likeness (QED) is 0.625. The van der Waals surface area contributed by atoms with Gasteiger partial charge >= 0.3 is 0 Å². The first-order valence-electron chi connectivity index (χ1n) is 8.10. The van der Waals surface area contributed by atoms with E-state index in [0.29, 0.717) is 16.8 Å². The van der Waals surface area contributed by atoms with Gasteiger partial charge in [-0.15, -0.1) is 35.1 Å². The summed E-state index contributed by atoms with van der Waals surface area (Å²) in [5, 5.41) is 10.6. The number of carbonyl (C=O) groups is 1. The van der Waals surface area contributed by atoms with Crippen molar-refractivity contribution in [3.05, 3.63) is 39.6 Å². The molecule has 3 aromatic rings. The van der Waals surface area contributed by atoms with Gasteiger partial charge in [-0.05, 0) is 24.9 Å². The SMILES string of the molecule is CCN[C@H](C)CNC(=O)Cn1cnc2scc(-c3cccs3)c2c1=O.Cl. The average molecular weight is 413 g/mol. The third-order valence-electron chi connectivity index (χ3n) is 3.82. The van der Waals surface area contributed by atoms with Crippen LogP contribution in [0.2, 0.25) is 0 Å². The van der Waals surface area contributed by atoms with E-state index in [1.165, 1.54) is 22.2 Å². The van der Waals surface area contributed by atoms with Crippen molar-refractivity contribution in [2.45, 2.75) is 26.4 Å². The van der Waals surface area contributed by atoms with E-state index in [1.807, 2.05) is 36.7 Å². The van der Waals surface area contributed by atoms with Crippen LogP contribution in [0.4, 0.5) is 0 Å². The normalized spacial score (nSPS) is 11.9. The molecular weight excluding hydrogens is 392 g/mol. The van der Waals surface area contributed by atoms with Gasteiger partial charge in [-0.25, -0.2) is 4.98 Å². The molecule has 3 aromatic heterocycles. The van der Waals surface area contributed by atoms with E-state index < -0.39 is 0 Å². The molecular formula is C17H21ClN4O2S2. The largest absolute Gasteiger partial charge is 0.353 e. The Balaban J connectivity index is 0.00000243. The Morgan fingerprint density at radius 2 is 2.19 bits per heavy atom. The van der Waals surface area contributed by atoms with Gasteiger partial charge < -0.3 is 10.6 Å². The van der Waals surface area contributed by atoms with E-state index in [9.17, 15) is 9.59 Å². The summed E-state index contributed by atoms with van der Waals surface area (Å²) >= 11 is 3.03. The molecule has 0 radical (unpaired) electrons. The van der Waals surface area contributed by atoms with Crippen LogP contribution in [0.25, 0.3) is 20.7 Å². The lowest BCUT2D eigenvalue weighted by Crippen LogP contribution is -2.41. The predicted octanol–water partition coefficient (Wildman–Crippen LogP) is 2.72. The summed E-state index contributed by atoms with van der Waals surface area (Å²) in [5.74, 6) is -0.194. The Bertz CT molecular complexity index is 921. The lowest BCUT2D eigenvalue weighted by Gasteiger charge is -2.13. The molecule has 26 heavy (non-hydrogen) atoms. The number of aromatic nitrogens is 2. The van der Waals surface area contributed by atoms with Crippen LogP contribution in [-0.2, 0) is 11.3 Å². The molecule has 9 heteroatoms. The van der Waals surface area contributed by atoms with Crippen LogP contribution < -0.4 is 16.2 Å². The Morgan fingerprint density at radius 3 is 2.88 bits per heavy atom. The van der Waals surface area contributed by atoms with Gasteiger partial charge in [0.25, 0.3) is 5.56 Å². The van der Waals surface area contributed by atoms with Crippen molar-refractivity contribution >= 4 is 51.2 Å². The summed E-state index contributed by atoms with van der Waals surface area (Å²) in [6.45, 7) is 5.37. The number of fused-ring (bicyclic) bond motifs is 1. The minimum atomic E-state index is -0.194. The van der Waals surface area contributed by atoms with Gasteiger partial charge in [0.1, 0.15) is 11.4 Å². The van der Waals surface area contributed by atoms with Crippen LogP contribution in [0.5, 0.6) is 0 Å². The van der Waals surface area contributed by atoms with Gasteiger partial charge in [0.15, 0.2) is 0 Å². The van der Waals surface area contributed by atoms with Crippen molar-refractivity contribution in [1.82, 2.24) is 20.2 Å². The number of carbonyl (C=O) groups excluding carboxylic acids is 1. The van der Waals surface area contributed by atoms with Crippen LogP contribution >= 0.6 is 35.1 Å². The van der Waals surface area contributed by atoms with Gasteiger partial charge in [0.05, 0.1) is 11.7 Å². The van der Waals surface area contributed by atoms with Crippen LogP contribution in [-0.4, -0.2) is 34.6 Å². The molecule has 0 aromatic carbocycles. The summed E-state index contributed by atoms with van der Waals surface area (Å²) < 4.78 is 1.37. The lowest BCUT2D eigenvalue weighted by atomic mass is 10.2. The monoisotopic (exact) mass is 412 g/mol. The van der Waals surface area contributed by atoms with Crippen molar-refractivity contribution in [1.29, 1.82) is 0 Å². The fourth-order valence-electron chi connectivity index (χ4n) is 2.59. The van der Waals surface area contributed by atoms with Gasteiger partial charge in [-0.1, -0.05) is 13.0 Å². The van der Waals surface area contributed by atoms with Crippen molar-refractivity contribution in [3.8, 4) is 10.4 Å². The molecule has 1 atom stereocenters. The first kappa shape index (κ1) is 20.6. The van der Waals surface area contributed by atoms with E-state index in [1.54, 1.807) is 11.3 Å². The van der Waals surface area contributed by atoms with Crippen LogP contribution in [0.3, 0.4) is 0 Å². The zero-order valence-electron chi connectivity index (χ0n) is 14.5. The second kappa shape index (κ2) is 9.27. The van der Waals surface area contributed by atoms with E-state index in [2.05, 4.69) is 15.6 Å². The zero-order valence-corrected chi connectivity index (χ0v) is 17.0. The third-order valence-corrected chi connectivity index (χ3v) is 5.61. The molecule has 1 amide bonds. The smallest absolute Gasteiger partial charge is 0.263 e. The number of hydrogen-bond acceptors (Lipinski definition) is 6. The average Bonchev–Trinajstić information content (AvgIpc) is 3.25. The Kier molecular flexibility index (Phi) is 7.33. The second-order valence-corrected chi connectivity index (χ2v) is 7.55. The Labute approximate surface area is 165 Å². The highest BCUT2D eigenvalue weighted by molar-refractivity contribution is 7.18. The zero-order chi connectivity index (χ0) is 17.8. The number of thiophene rings is 2. The summed E-state index contributed by atoms with van der Waals surface area (Å²) in [7, 11) is 0. The van der Waals surface area contributed by atoms with Crippen molar-refractivity contribution in [2.24, 2.45) is 0 Å². The molecule has 0 fully saturated rings. The number of rotatable bonds is 7. The summed E-state index contributed by atoms with van der Waals surface area (Å²) in [5.41, 5.74) is 0.715. The minimum absolute atomic E-state index is 0. The Hall–Kier alpha value is -1.74. The molecule has 0 saturated carbocycles. The number of nitrogens with zero attached hydrogens (tertiary/aromatic N) is 2. The van der Waals surface area contributed by atoms with E-state index in [-0.39, 0.29) is 36.5 Å². The second-order valence-electron chi connectivity index (χ2n) is 5.75. The van der Waals surface area contributed by atoms with Gasteiger partial charge in [-0.2, -0.15) is 0 Å². The maximum Gasteiger partial charge on any atom is 0.263 e. The summed E-state index contributed by atoms with van der Waals surface area (Å²) in [4.78, 5) is 31.0. The minimum Gasteiger partial charge on any atom is -0.353 e. The van der Waals surface area contributed by atoms with E-state index >= 15 is 0 Å². The predicted molar refractivity (Wildman–Crippen MR) is 111 cm³/mol. The molecule has 3 heterocycles. The van der Waals surface area contributed by atoms with Crippen molar-refractivity contribution < 1.29 is 4.79 Å². The molecule has 0 aliphatic rings. The first-order chi connectivity index (χ1) is 12.1. The fraction of sp³-hybridized carbons (Fsp3) is 0.353. The standard InChI is InChI=1S/C17H20N4O2S2.ClH/c1-3-18-11(2)7-19-14(22)8-21-10-20-16-15(17(21)23)12(9-25-16)13-5-4-6-24-13;/h4-6,9-11,18H,3,7-8H2,1-2H3,(H,19,22);1H/t11-;/m1./s1. The molecule has 3 rings (SSSR count). The number of halogens is 1. The number of nitrogens with one attached hydrogen (secondary N) is 2. The number of amides is 1. The van der Waals surface area contributed by atoms with Crippen molar-refractivity contribution in [2.75, 3.05) is 13.1 Å². The summed E-state index contributed by atoms with van der Waals surface area (Å²) in [6, 6.07) is 4.13. The molecule has 0 unspecified atom stereocenters. The molecule has 0 bridgehead atoms. The van der Waals surface area contributed by atoms with E-state index in [4.69, 9.17) is 0 Å². The first-order valence-corrected chi connectivity index (χ1v) is 9.86. The molecule has 0 spiro atoms. The van der Waals surface area contributed by atoms with Gasteiger partial charge in [0, 0.05) is 28.4 Å². The van der Waals surface area contributed by atoms with E-state index in [0.717, 1.165) is 17.0 Å². The highest BCUT2D eigenvalue weighted by Gasteiger charge is 2.15. The highest BCUT2D eigenvalue weighted by atomic mass is 35.5. The molecule has 0 aliphatic heterocycles. The lowest BCUT2D eigenvalue weighted by molar-refractivity contribution is -0.121. The van der Waals surface area contributed by atoms with Crippen LogP contribution in [0.1, 0.15) is 13.8 Å². The Morgan fingerprint density at radius 1 is 1.38 bits per heavy atom. The van der Waals surface area contributed by atoms with Crippen LogP contribution in [0.15, 0.2) is 34.0 Å². The van der Waals surface area contributed by atoms with Gasteiger partial charge in [-0.3, -0.25) is 14.2 Å². The highest BCUT2D eigenvalue weighted by Crippen LogP contribution is 2.33. The number of likely N-dealkylation sites (N-methyl/N-ethyl adjacent to an activating group) is 1. The van der Waals surface area contributed by atoms with Crippen molar-refractivity contribution in [3.63, 3.8) is 0 Å².